The average Bonchev–Trinajstić information content (AvgIpc) is 3.40. The molecule has 3 aliphatic rings. The number of carbonyl (C=O) groups excluding carboxylic acids is 2. The van der Waals surface area contributed by atoms with Crippen molar-refractivity contribution in [2.45, 2.75) is 23.3 Å². The second kappa shape index (κ2) is 8.26. The maximum Gasteiger partial charge on any atom is 0.324 e. The average molecular weight is 535 g/mol. The molecule has 0 unspecified atom stereocenters. The summed E-state index contributed by atoms with van der Waals surface area (Å²) in [5, 5.41) is 0. The molecule has 2 aromatic carbocycles. The van der Waals surface area contributed by atoms with Gasteiger partial charge in [-0.2, -0.15) is 0 Å². The Morgan fingerprint density at radius 1 is 0.971 bits per heavy atom. The summed E-state index contributed by atoms with van der Waals surface area (Å²) in [6.07, 6.45) is -0.730. The van der Waals surface area contributed by atoms with Crippen molar-refractivity contribution in [1.29, 1.82) is 0 Å². The molecule has 2 aliphatic heterocycles. The predicted octanol–water partition coefficient (Wildman–Crippen LogP) is 3.50. The fourth-order valence-corrected chi connectivity index (χ4v) is 6.11. The Balaban J connectivity index is 1.80. The number of methoxy groups -OCH3 is 3. The fraction of sp³-hybridized carbons (Fsp3) is 0.417. The number of fused-ring (bicyclic) bond motifs is 3. The molecule has 10 heteroatoms. The first-order valence-corrected chi connectivity index (χ1v) is 11.4. The van der Waals surface area contributed by atoms with E-state index in [9.17, 15) is 9.59 Å². The highest BCUT2D eigenvalue weighted by Gasteiger charge is 2.64. The van der Waals surface area contributed by atoms with Crippen molar-refractivity contribution in [2.75, 3.05) is 34.7 Å². The molecule has 1 fully saturated rings. The maximum absolute atomic E-state index is 13.3. The van der Waals surface area contributed by atoms with Gasteiger partial charge in [0.25, 0.3) is 0 Å². The van der Waals surface area contributed by atoms with Crippen molar-refractivity contribution in [3.05, 3.63) is 41.0 Å². The second-order valence-corrected chi connectivity index (χ2v) is 9.54. The predicted molar refractivity (Wildman–Crippen MR) is 121 cm³/mol. The molecule has 0 spiro atoms. The van der Waals surface area contributed by atoms with Crippen LogP contribution in [-0.4, -0.2) is 51.0 Å². The molecule has 0 saturated carbocycles. The van der Waals surface area contributed by atoms with E-state index in [-0.39, 0.29) is 13.4 Å². The molecular weight excluding hydrogens is 512 g/mol. The molecule has 0 aromatic heterocycles. The number of cyclic esters (lactones) is 1. The zero-order chi connectivity index (χ0) is 24.2. The van der Waals surface area contributed by atoms with Gasteiger partial charge in [0.1, 0.15) is 17.0 Å². The summed E-state index contributed by atoms with van der Waals surface area (Å²) in [6.45, 7) is 1.50. The molecule has 180 valence electrons. The topological polar surface area (TPSA) is 98.8 Å². The summed E-state index contributed by atoms with van der Waals surface area (Å²) >= 11 is 3.75. The summed E-state index contributed by atoms with van der Waals surface area (Å²) in [4.78, 5) is 25.3. The van der Waals surface area contributed by atoms with Crippen LogP contribution in [-0.2, 0) is 19.1 Å². The van der Waals surface area contributed by atoms with Gasteiger partial charge < -0.3 is 33.2 Å². The molecule has 34 heavy (non-hydrogen) atoms. The van der Waals surface area contributed by atoms with Gasteiger partial charge in [0, 0.05) is 18.4 Å². The lowest BCUT2D eigenvalue weighted by Gasteiger charge is -2.43. The monoisotopic (exact) mass is 534 g/mol. The first kappa shape index (κ1) is 22.6. The van der Waals surface area contributed by atoms with Crippen LogP contribution in [0.25, 0.3) is 0 Å². The highest BCUT2D eigenvalue weighted by molar-refractivity contribution is 9.10. The van der Waals surface area contributed by atoms with Crippen molar-refractivity contribution >= 4 is 27.9 Å². The molecule has 9 nitrogen and oxygen atoms in total. The van der Waals surface area contributed by atoms with E-state index in [4.69, 9.17) is 33.2 Å². The lowest BCUT2D eigenvalue weighted by Crippen LogP contribution is -2.48. The summed E-state index contributed by atoms with van der Waals surface area (Å²) < 4.78 is 37.9. The molecule has 2 aromatic rings. The van der Waals surface area contributed by atoms with Crippen molar-refractivity contribution in [3.63, 3.8) is 0 Å². The number of esters is 2. The van der Waals surface area contributed by atoms with Gasteiger partial charge in [-0.3, -0.25) is 9.59 Å². The number of halogens is 1. The summed E-state index contributed by atoms with van der Waals surface area (Å²) in [6, 6.07) is 7.24. The zero-order valence-electron chi connectivity index (χ0n) is 19.0. The third-order valence-electron chi connectivity index (χ3n) is 6.54. The van der Waals surface area contributed by atoms with Crippen LogP contribution >= 0.6 is 15.9 Å². The first-order chi connectivity index (χ1) is 16.3. The standard InChI is InChI=1S/C24H23BrO9/c1-11(26)34-21-14-8-17-16(32-10-33-17)7-13(14)20(24(25)15(21)9-31-23(24)27)12-5-18(28-2)22(30-4)19(6-12)29-3/h5-8,15,20-21H,9-10H2,1-4H3/t15-,20-,21+,24+/m1/s1. The number of carbonyl (C=O) groups is 2. The van der Waals surface area contributed by atoms with Gasteiger partial charge in [-0.25, -0.2) is 0 Å². The van der Waals surface area contributed by atoms with Gasteiger partial charge in [0.2, 0.25) is 12.5 Å². The van der Waals surface area contributed by atoms with Crippen LogP contribution in [0.15, 0.2) is 24.3 Å². The Morgan fingerprint density at radius 3 is 2.15 bits per heavy atom. The third kappa shape index (κ3) is 3.19. The zero-order valence-corrected chi connectivity index (χ0v) is 20.6. The third-order valence-corrected chi connectivity index (χ3v) is 7.91. The molecule has 0 N–H and O–H groups in total. The quantitative estimate of drug-likeness (QED) is 0.421. The summed E-state index contributed by atoms with van der Waals surface area (Å²) in [5.41, 5.74) is 2.17. The van der Waals surface area contributed by atoms with Crippen molar-refractivity contribution < 1.29 is 42.7 Å². The fourth-order valence-electron chi connectivity index (χ4n) is 5.12. The minimum absolute atomic E-state index is 0.0796. The number of rotatable bonds is 5. The lowest BCUT2D eigenvalue weighted by molar-refractivity contribution is -0.151. The molecule has 1 saturated heterocycles. The van der Waals surface area contributed by atoms with Crippen LogP contribution in [0, 0.1) is 5.92 Å². The number of benzene rings is 2. The van der Waals surface area contributed by atoms with Gasteiger partial charge in [-0.15, -0.1) is 0 Å². The van der Waals surface area contributed by atoms with Gasteiger partial charge >= 0.3 is 11.9 Å². The SMILES string of the molecule is COc1cc([C@@H]2c3cc4c(cc3[C@H](OC(C)=O)[C@H]3COC(=O)[C@@]23Br)OCO4)cc(OC)c1OC. The van der Waals surface area contributed by atoms with E-state index >= 15 is 0 Å². The molecule has 2 heterocycles. The molecular formula is C24H23BrO9. The molecule has 0 bridgehead atoms. The van der Waals surface area contributed by atoms with E-state index < -0.39 is 34.2 Å². The highest BCUT2D eigenvalue weighted by atomic mass is 79.9. The van der Waals surface area contributed by atoms with E-state index in [0.29, 0.717) is 28.7 Å². The van der Waals surface area contributed by atoms with E-state index in [1.807, 2.05) is 12.1 Å². The van der Waals surface area contributed by atoms with Gasteiger partial charge in [0.05, 0.1) is 27.2 Å². The van der Waals surface area contributed by atoms with Gasteiger partial charge in [-0.05, 0) is 35.4 Å². The largest absolute Gasteiger partial charge is 0.493 e. The molecule has 0 amide bonds. The smallest absolute Gasteiger partial charge is 0.324 e. The number of ether oxygens (including phenoxy) is 7. The number of alkyl halides is 1. The van der Waals surface area contributed by atoms with Crippen molar-refractivity contribution in [1.82, 2.24) is 0 Å². The van der Waals surface area contributed by atoms with Crippen LogP contribution in [0.1, 0.15) is 35.6 Å². The molecule has 0 radical (unpaired) electrons. The normalized spacial score (nSPS) is 26.3. The van der Waals surface area contributed by atoms with Gasteiger partial charge in [-0.1, -0.05) is 15.9 Å². The maximum atomic E-state index is 13.3. The molecule has 1 aliphatic carbocycles. The number of hydrogen-bond acceptors (Lipinski definition) is 9. The summed E-state index contributed by atoms with van der Waals surface area (Å²) in [5.74, 6) is 0.442. The molecule has 4 atom stereocenters. The minimum Gasteiger partial charge on any atom is -0.493 e. The Morgan fingerprint density at radius 2 is 1.59 bits per heavy atom. The van der Waals surface area contributed by atoms with E-state index in [1.54, 1.807) is 12.1 Å². The Kier molecular flexibility index (Phi) is 5.50. The Bertz CT molecular complexity index is 1150. The van der Waals surface area contributed by atoms with Crippen molar-refractivity contribution in [2.24, 2.45) is 5.92 Å². The minimum atomic E-state index is -1.22. The van der Waals surface area contributed by atoms with Crippen LogP contribution in [0.5, 0.6) is 28.7 Å². The van der Waals surface area contributed by atoms with Crippen LogP contribution in [0.2, 0.25) is 0 Å². The second-order valence-electron chi connectivity index (χ2n) is 8.23. The highest BCUT2D eigenvalue weighted by Crippen LogP contribution is 2.61. The van der Waals surface area contributed by atoms with E-state index in [1.165, 1.54) is 28.3 Å². The first-order valence-electron chi connectivity index (χ1n) is 10.6. The van der Waals surface area contributed by atoms with Crippen LogP contribution in [0.4, 0.5) is 0 Å². The van der Waals surface area contributed by atoms with E-state index in [2.05, 4.69) is 15.9 Å². The Labute approximate surface area is 204 Å². The number of hydrogen-bond donors (Lipinski definition) is 0. The lowest BCUT2D eigenvalue weighted by atomic mass is 9.66. The Hall–Kier alpha value is -3.14. The van der Waals surface area contributed by atoms with Crippen LogP contribution in [0.3, 0.4) is 0 Å². The molecule has 5 rings (SSSR count). The van der Waals surface area contributed by atoms with Crippen LogP contribution < -0.4 is 23.7 Å². The van der Waals surface area contributed by atoms with Crippen molar-refractivity contribution in [3.8, 4) is 28.7 Å². The van der Waals surface area contributed by atoms with Gasteiger partial charge in [0.15, 0.2) is 23.0 Å². The van der Waals surface area contributed by atoms with E-state index in [0.717, 1.165) is 16.7 Å². The summed E-state index contributed by atoms with van der Waals surface area (Å²) in [7, 11) is 4.58.